The highest BCUT2D eigenvalue weighted by molar-refractivity contribution is 5.66. The van der Waals surface area contributed by atoms with Gasteiger partial charge in [0.05, 0.1) is 0 Å². The monoisotopic (exact) mass is 190 g/mol. The maximum absolute atomic E-state index is 10.0. The molecular formula is C9H18O4. The maximum atomic E-state index is 10.0. The highest BCUT2D eigenvalue weighted by Crippen LogP contribution is 2.04. The highest BCUT2D eigenvalue weighted by Gasteiger charge is 1.94. The Morgan fingerprint density at radius 2 is 1.69 bits per heavy atom. The summed E-state index contributed by atoms with van der Waals surface area (Å²) in [5, 5.41) is 15.2. The predicted octanol–water partition coefficient (Wildman–Crippen LogP) is 2.13. The average Bonchev–Trinajstić information content (AvgIpc) is 2.05. The molecule has 13 heavy (non-hydrogen) atoms. The van der Waals surface area contributed by atoms with E-state index in [2.05, 4.69) is 6.92 Å². The van der Waals surface area contributed by atoms with E-state index in [0.29, 0.717) is 6.42 Å². The van der Waals surface area contributed by atoms with Gasteiger partial charge in [-0.2, -0.15) is 0 Å². The van der Waals surface area contributed by atoms with Crippen LogP contribution < -0.4 is 0 Å². The molecule has 0 amide bonds. The van der Waals surface area contributed by atoms with Gasteiger partial charge in [0.2, 0.25) is 0 Å². The van der Waals surface area contributed by atoms with E-state index in [1.165, 1.54) is 19.3 Å². The number of rotatable bonds is 6. The van der Waals surface area contributed by atoms with Crippen LogP contribution in [0.25, 0.3) is 0 Å². The number of carboxylic acid groups (broad SMARTS) is 2. The van der Waals surface area contributed by atoms with E-state index in [1.807, 2.05) is 0 Å². The lowest BCUT2D eigenvalue weighted by Crippen LogP contribution is -1.93. The molecule has 0 bridgehead atoms. The van der Waals surface area contributed by atoms with Crippen molar-refractivity contribution >= 4 is 12.4 Å². The molecule has 0 aromatic rings. The minimum absolute atomic E-state index is 0.250. The lowest BCUT2D eigenvalue weighted by Gasteiger charge is -1.95. The predicted molar refractivity (Wildman–Crippen MR) is 49.7 cm³/mol. The fraction of sp³-hybridized carbons (Fsp3) is 0.778. The summed E-state index contributed by atoms with van der Waals surface area (Å²) in [4.78, 5) is 18.4. The van der Waals surface area contributed by atoms with Gasteiger partial charge in [0.25, 0.3) is 6.47 Å². The lowest BCUT2D eigenvalue weighted by molar-refractivity contribution is -0.137. The molecule has 0 heterocycles. The van der Waals surface area contributed by atoms with E-state index in [9.17, 15) is 4.79 Å². The second-order valence-corrected chi connectivity index (χ2v) is 2.66. The van der Waals surface area contributed by atoms with Gasteiger partial charge in [0.1, 0.15) is 0 Å². The van der Waals surface area contributed by atoms with E-state index in [-0.39, 0.29) is 6.47 Å². The van der Waals surface area contributed by atoms with Gasteiger partial charge in [-0.15, -0.1) is 0 Å². The number of carbonyl (C=O) groups is 2. The molecule has 0 rings (SSSR count). The van der Waals surface area contributed by atoms with Gasteiger partial charge in [0, 0.05) is 6.42 Å². The Morgan fingerprint density at radius 3 is 2.08 bits per heavy atom. The SMILES string of the molecule is CCCCCCCC(=O)O.O=CO. The molecule has 0 unspecified atom stereocenters. The first-order valence-electron chi connectivity index (χ1n) is 4.48. The van der Waals surface area contributed by atoms with Crippen LogP contribution in [0.15, 0.2) is 0 Å². The third-order valence-electron chi connectivity index (χ3n) is 1.49. The fourth-order valence-electron chi connectivity index (χ4n) is 0.880. The quantitative estimate of drug-likeness (QED) is 0.497. The summed E-state index contributed by atoms with van der Waals surface area (Å²) in [6, 6.07) is 0. The standard InChI is InChI=1S/C8H16O2.CH2O2/c1-2-3-4-5-6-7-8(9)10;2-1-3/h2-7H2,1H3,(H,9,10);1H,(H,2,3). The van der Waals surface area contributed by atoms with Gasteiger partial charge >= 0.3 is 5.97 Å². The zero-order chi connectivity index (χ0) is 10.5. The zero-order valence-electron chi connectivity index (χ0n) is 8.03. The Bertz CT molecular complexity index is 123. The molecular weight excluding hydrogens is 172 g/mol. The van der Waals surface area contributed by atoms with Gasteiger partial charge in [0.15, 0.2) is 0 Å². The Kier molecular flexibility index (Phi) is 15.0. The molecule has 0 aliphatic carbocycles. The Labute approximate surface area is 78.6 Å². The van der Waals surface area contributed by atoms with Gasteiger partial charge in [-0.1, -0.05) is 32.6 Å². The summed E-state index contributed by atoms with van der Waals surface area (Å²) in [5.74, 6) is -0.670. The number of unbranched alkanes of at least 4 members (excludes halogenated alkanes) is 4. The number of hydrogen-bond donors (Lipinski definition) is 2. The van der Waals surface area contributed by atoms with E-state index in [4.69, 9.17) is 15.0 Å². The first kappa shape index (κ1) is 14.5. The highest BCUT2D eigenvalue weighted by atomic mass is 16.4. The van der Waals surface area contributed by atoms with Crippen molar-refractivity contribution in [1.29, 1.82) is 0 Å². The molecule has 0 fully saturated rings. The van der Waals surface area contributed by atoms with Crippen molar-refractivity contribution in [3.63, 3.8) is 0 Å². The second kappa shape index (κ2) is 13.5. The largest absolute Gasteiger partial charge is 0.483 e. The van der Waals surface area contributed by atoms with Crippen LogP contribution in [0, 0.1) is 0 Å². The lowest BCUT2D eigenvalue weighted by atomic mass is 10.1. The molecule has 0 saturated carbocycles. The third-order valence-corrected chi connectivity index (χ3v) is 1.49. The van der Waals surface area contributed by atoms with Crippen LogP contribution in [-0.4, -0.2) is 22.7 Å². The summed E-state index contributed by atoms with van der Waals surface area (Å²) < 4.78 is 0. The van der Waals surface area contributed by atoms with Crippen molar-refractivity contribution in [2.75, 3.05) is 0 Å². The van der Waals surface area contributed by atoms with Crippen LogP contribution in [0.1, 0.15) is 45.4 Å². The maximum Gasteiger partial charge on any atom is 0.303 e. The van der Waals surface area contributed by atoms with E-state index >= 15 is 0 Å². The second-order valence-electron chi connectivity index (χ2n) is 2.66. The number of aliphatic carboxylic acids is 1. The molecule has 0 aromatic heterocycles. The minimum atomic E-state index is -0.670. The van der Waals surface area contributed by atoms with Crippen LogP contribution in [0.3, 0.4) is 0 Å². The van der Waals surface area contributed by atoms with Gasteiger partial charge in [-0.25, -0.2) is 0 Å². The van der Waals surface area contributed by atoms with Crippen LogP contribution in [0.5, 0.6) is 0 Å². The molecule has 0 aliphatic heterocycles. The molecule has 0 aromatic carbocycles. The summed E-state index contributed by atoms with van der Waals surface area (Å²) in [7, 11) is 0. The average molecular weight is 190 g/mol. The molecule has 0 radical (unpaired) electrons. The molecule has 0 spiro atoms. The van der Waals surface area contributed by atoms with Crippen LogP contribution in [0.2, 0.25) is 0 Å². The molecule has 0 aliphatic rings. The fourth-order valence-corrected chi connectivity index (χ4v) is 0.880. The number of hydrogen-bond acceptors (Lipinski definition) is 2. The first-order valence-corrected chi connectivity index (χ1v) is 4.48. The van der Waals surface area contributed by atoms with E-state index < -0.39 is 5.97 Å². The smallest absolute Gasteiger partial charge is 0.303 e. The van der Waals surface area contributed by atoms with Crippen molar-refractivity contribution in [2.24, 2.45) is 0 Å². The molecule has 0 saturated heterocycles. The van der Waals surface area contributed by atoms with Crippen molar-refractivity contribution in [3.8, 4) is 0 Å². The van der Waals surface area contributed by atoms with Crippen molar-refractivity contribution in [3.05, 3.63) is 0 Å². The summed E-state index contributed by atoms with van der Waals surface area (Å²) in [5.41, 5.74) is 0. The van der Waals surface area contributed by atoms with Crippen LogP contribution >= 0.6 is 0 Å². The first-order chi connectivity index (χ1) is 6.18. The summed E-state index contributed by atoms with van der Waals surface area (Å²) in [6.07, 6.45) is 5.88. The molecule has 2 N–H and O–H groups in total. The molecule has 4 heteroatoms. The molecule has 78 valence electrons. The third kappa shape index (κ3) is 24.8. The Hall–Kier alpha value is -1.06. The van der Waals surface area contributed by atoms with E-state index in [0.717, 1.165) is 12.8 Å². The van der Waals surface area contributed by atoms with E-state index in [1.54, 1.807) is 0 Å². The van der Waals surface area contributed by atoms with Crippen molar-refractivity contribution < 1.29 is 19.8 Å². The van der Waals surface area contributed by atoms with Crippen molar-refractivity contribution in [2.45, 2.75) is 45.4 Å². The van der Waals surface area contributed by atoms with Gasteiger partial charge < -0.3 is 10.2 Å². The topological polar surface area (TPSA) is 74.6 Å². The summed E-state index contributed by atoms with van der Waals surface area (Å²) in [6.45, 7) is 1.90. The minimum Gasteiger partial charge on any atom is -0.483 e. The zero-order valence-corrected chi connectivity index (χ0v) is 8.03. The normalized spacial score (nSPS) is 8.38. The van der Waals surface area contributed by atoms with Crippen molar-refractivity contribution in [1.82, 2.24) is 0 Å². The Morgan fingerprint density at radius 1 is 1.23 bits per heavy atom. The van der Waals surface area contributed by atoms with Crippen LogP contribution in [0.4, 0.5) is 0 Å². The molecule has 0 atom stereocenters. The Balaban J connectivity index is 0. The summed E-state index contributed by atoms with van der Waals surface area (Å²) >= 11 is 0. The van der Waals surface area contributed by atoms with Gasteiger partial charge in [-0.3, -0.25) is 9.59 Å². The molecule has 4 nitrogen and oxygen atoms in total. The van der Waals surface area contributed by atoms with Gasteiger partial charge in [-0.05, 0) is 6.42 Å². The van der Waals surface area contributed by atoms with Crippen LogP contribution in [-0.2, 0) is 9.59 Å². The number of carboxylic acids is 1.